The van der Waals surface area contributed by atoms with Crippen LogP contribution < -0.4 is 0 Å². The molecule has 5 heteroatoms. The topological polar surface area (TPSA) is 30.2 Å². The highest BCUT2D eigenvalue weighted by Gasteiger charge is 2.14. The number of hydrogen-bond donors (Lipinski definition) is 0. The summed E-state index contributed by atoms with van der Waals surface area (Å²) in [5.41, 5.74) is 4.99. The van der Waals surface area contributed by atoms with Gasteiger partial charge < -0.3 is 0 Å². The van der Waals surface area contributed by atoms with Crippen LogP contribution in [0, 0.1) is 13.8 Å². The Morgan fingerprint density at radius 3 is 2.53 bits per heavy atom. The number of nitrogens with zero attached hydrogens (tertiary/aromatic N) is 3. The molecule has 0 aliphatic heterocycles. The Morgan fingerprint density at radius 2 is 1.84 bits per heavy atom. The molecule has 0 N–H and O–H groups in total. The fourth-order valence-corrected chi connectivity index (χ4v) is 2.84. The number of aryl methyl sites for hydroxylation is 2. The summed E-state index contributed by atoms with van der Waals surface area (Å²) in [4.78, 5) is 4.65. The quantitative estimate of drug-likeness (QED) is 0.658. The van der Waals surface area contributed by atoms with Crippen molar-refractivity contribution in [3.8, 4) is 11.3 Å². The summed E-state index contributed by atoms with van der Waals surface area (Å²) in [5.74, 6) is 0. The molecule has 3 aromatic rings. The van der Waals surface area contributed by atoms with Gasteiger partial charge in [0.2, 0.25) is 0 Å². The van der Waals surface area contributed by atoms with E-state index in [1.54, 1.807) is 10.6 Å². The summed E-state index contributed by atoms with van der Waals surface area (Å²) < 4.78 is 2.61. The molecule has 0 fully saturated rings. The molecule has 0 unspecified atom stereocenters. The van der Waals surface area contributed by atoms with Gasteiger partial charge in [-0.25, -0.2) is 9.50 Å². The fraction of sp³-hybridized carbons (Fsp3) is 0.143. The molecule has 0 aliphatic rings. The largest absolute Gasteiger partial charge is 0.226 e. The van der Waals surface area contributed by atoms with Gasteiger partial charge >= 0.3 is 0 Å². The molecular formula is C14H11BrClN3. The standard InChI is InChI=1S/C14H11BrClN3/c1-8-3-5-10(6-4-8)13-9(2)19-14(17-13)11(15)7-12(16)18-19/h3-7H,1-2H3. The van der Waals surface area contributed by atoms with Crippen LogP contribution in [0.15, 0.2) is 34.8 Å². The highest BCUT2D eigenvalue weighted by atomic mass is 79.9. The number of aromatic nitrogens is 3. The molecule has 3 nitrogen and oxygen atoms in total. The first-order valence-electron chi connectivity index (χ1n) is 5.84. The van der Waals surface area contributed by atoms with E-state index in [1.165, 1.54) is 5.56 Å². The molecule has 0 aliphatic carbocycles. The lowest BCUT2D eigenvalue weighted by atomic mass is 10.1. The van der Waals surface area contributed by atoms with Crippen LogP contribution in [0.2, 0.25) is 5.15 Å². The van der Waals surface area contributed by atoms with Crippen molar-refractivity contribution < 1.29 is 0 Å². The van der Waals surface area contributed by atoms with Crippen LogP contribution in [0.4, 0.5) is 0 Å². The van der Waals surface area contributed by atoms with Crippen LogP contribution in [0.1, 0.15) is 11.3 Å². The molecule has 0 saturated carbocycles. The van der Waals surface area contributed by atoms with Gasteiger partial charge in [0.25, 0.3) is 0 Å². The summed E-state index contributed by atoms with van der Waals surface area (Å²) in [6.45, 7) is 4.06. The number of rotatable bonds is 1. The van der Waals surface area contributed by atoms with Crippen LogP contribution >= 0.6 is 27.5 Å². The van der Waals surface area contributed by atoms with Crippen LogP contribution in [0.25, 0.3) is 16.9 Å². The van der Waals surface area contributed by atoms with Gasteiger partial charge in [-0.15, -0.1) is 0 Å². The smallest absolute Gasteiger partial charge is 0.168 e. The molecule has 3 rings (SSSR count). The number of fused-ring (bicyclic) bond motifs is 1. The molecule has 0 amide bonds. The van der Waals surface area contributed by atoms with Gasteiger partial charge in [0, 0.05) is 5.56 Å². The van der Waals surface area contributed by atoms with E-state index in [-0.39, 0.29) is 0 Å². The molecule has 0 atom stereocenters. The van der Waals surface area contributed by atoms with E-state index >= 15 is 0 Å². The molecule has 2 heterocycles. The maximum absolute atomic E-state index is 5.98. The van der Waals surface area contributed by atoms with E-state index in [0.29, 0.717) is 5.15 Å². The maximum atomic E-state index is 5.98. The van der Waals surface area contributed by atoms with Crippen molar-refractivity contribution in [3.63, 3.8) is 0 Å². The minimum absolute atomic E-state index is 0.440. The Hall–Kier alpha value is -1.39. The number of hydrogen-bond acceptors (Lipinski definition) is 2. The second-order valence-corrected chi connectivity index (χ2v) is 5.70. The van der Waals surface area contributed by atoms with E-state index in [9.17, 15) is 0 Å². The summed E-state index contributed by atoms with van der Waals surface area (Å²) in [7, 11) is 0. The summed E-state index contributed by atoms with van der Waals surface area (Å²) in [5, 5.41) is 4.73. The summed E-state index contributed by atoms with van der Waals surface area (Å²) in [6, 6.07) is 10.0. The predicted molar refractivity (Wildman–Crippen MR) is 80.6 cm³/mol. The van der Waals surface area contributed by atoms with Gasteiger partial charge in [0.1, 0.15) is 0 Å². The molecule has 19 heavy (non-hydrogen) atoms. The van der Waals surface area contributed by atoms with Gasteiger partial charge in [-0.05, 0) is 35.8 Å². The van der Waals surface area contributed by atoms with Gasteiger partial charge in [0.15, 0.2) is 10.8 Å². The monoisotopic (exact) mass is 335 g/mol. The number of halogens is 2. The van der Waals surface area contributed by atoms with E-state index < -0.39 is 0 Å². The first kappa shape index (κ1) is 12.6. The summed E-state index contributed by atoms with van der Waals surface area (Å²) >= 11 is 9.45. The van der Waals surface area contributed by atoms with Crippen molar-refractivity contribution in [2.24, 2.45) is 0 Å². The first-order chi connectivity index (χ1) is 9.06. The average Bonchev–Trinajstić information content (AvgIpc) is 2.69. The lowest BCUT2D eigenvalue weighted by molar-refractivity contribution is 0.897. The number of benzene rings is 1. The van der Waals surface area contributed by atoms with Gasteiger partial charge in [-0.1, -0.05) is 41.4 Å². The van der Waals surface area contributed by atoms with Gasteiger partial charge in [0.05, 0.1) is 15.9 Å². The first-order valence-corrected chi connectivity index (χ1v) is 7.02. The van der Waals surface area contributed by atoms with E-state index in [1.807, 2.05) is 6.92 Å². The minimum atomic E-state index is 0.440. The highest BCUT2D eigenvalue weighted by Crippen LogP contribution is 2.28. The SMILES string of the molecule is Cc1ccc(-c2nc3c(Br)cc(Cl)nn3c2C)cc1. The molecule has 0 saturated heterocycles. The Labute approximate surface area is 124 Å². The zero-order chi connectivity index (χ0) is 13.6. The highest BCUT2D eigenvalue weighted by molar-refractivity contribution is 9.10. The van der Waals surface area contributed by atoms with Crippen molar-refractivity contribution in [1.29, 1.82) is 0 Å². The molecular weight excluding hydrogens is 326 g/mol. The zero-order valence-corrected chi connectivity index (χ0v) is 12.8. The van der Waals surface area contributed by atoms with Crippen LogP contribution in [-0.2, 0) is 0 Å². The lowest BCUT2D eigenvalue weighted by Crippen LogP contribution is -1.95. The Balaban J connectivity index is 2.28. The van der Waals surface area contributed by atoms with Crippen molar-refractivity contribution in [2.45, 2.75) is 13.8 Å². The van der Waals surface area contributed by atoms with Crippen molar-refractivity contribution in [3.05, 3.63) is 51.2 Å². The van der Waals surface area contributed by atoms with Crippen LogP contribution in [-0.4, -0.2) is 14.6 Å². The second-order valence-electron chi connectivity index (χ2n) is 4.46. The van der Waals surface area contributed by atoms with E-state index in [0.717, 1.165) is 27.1 Å². The zero-order valence-electron chi connectivity index (χ0n) is 10.5. The second kappa shape index (κ2) is 4.62. The van der Waals surface area contributed by atoms with Crippen LogP contribution in [0.3, 0.4) is 0 Å². The maximum Gasteiger partial charge on any atom is 0.168 e. The molecule has 96 valence electrons. The predicted octanol–water partition coefficient (Wildman–Crippen LogP) is 4.43. The third kappa shape index (κ3) is 2.15. The summed E-state index contributed by atoms with van der Waals surface area (Å²) in [6.07, 6.45) is 0. The Bertz CT molecular complexity index is 762. The Kier molecular flexibility index (Phi) is 3.07. The molecule has 0 radical (unpaired) electrons. The lowest BCUT2D eigenvalue weighted by Gasteiger charge is -2.00. The van der Waals surface area contributed by atoms with Gasteiger partial charge in [-0.3, -0.25) is 0 Å². The van der Waals surface area contributed by atoms with Crippen LogP contribution in [0.5, 0.6) is 0 Å². The molecule has 2 aromatic heterocycles. The fourth-order valence-electron chi connectivity index (χ4n) is 2.05. The van der Waals surface area contributed by atoms with Crippen molar-refractivity contribution in [1.82, 2.24) is 14.6 Å². The van der Waals surface area contributed by atoms with E-state index in [2.05, 4.69) is 57.2 Å². The minimum Gasteiger partial charge on any atom is -0.226 e. The van der Waals surface area contributed by atoms with Crippen molar-refractivity contribution in [2.75, 3.05) is 0 Å². The van der Waals surface area contributed by atoms with Crippen molar-refractivity contribution >= 4 is 33.2 Å². The number of imidazole rings is 1. The molecule has 1 aromatic carbocycles. The Morgan fingerprint density at radius 1 is 1.16 bits per heavy atom. The molecule has 0 bridgehead atoms. The third-order valence-electron chi connectivity index (χ3n) is 3.06. The van der Waals surface area contributed by atoms with Gasteiger partial charge in [-0.2, -0.15) is 5.10 Å². The average molecular weight is 337 g/mol. The molecule has 0 spiro atoms. The normalized spacial score (nSPS) is 11.2. The van der Waals surface area contributed by atoms with E-state index in [4.69, 9.17) is 11.6 Å². The third-order valence-corrected chi connectivity index (χ3v) is 3.83.